The van der Waals surface area contributed by atoms with Crippen molar-refractivity contribution < 1.29 is 5.11 Å². The number of hydrogen-bond donors (Lipinski definition) is 2. The van der Waals surface area contributed by atoms with Gasteiger partial charge in [0.25, 0.3) is 0 Å². The maximum atomic E-state index is 10.2. The zero-order chi connectivity index (χ0) is 11.4. The minimum Gasteiger partial charge on any atom is -0.389 e. The van der Waals surface area contributed by atoms with Gasteiger partial charge in [0.1, 0.15) is 0 Å². The van der Waals surface area contributed by atoms with Gasteiger partial charge >= 0.3 is 0 Å². The molecule has 1 aliphatic heterocycles. The third-order valence-corrected chi connectivity index (χ3v) is 4.26. The van der Waals surface area contributed by atoms with Crippen LogP contribution in [0.25, 0.3) is 0 Å². The monoisotopic (exact) mass is 226 g/mol. The highest BCUT2D eigenvalue weighted by atomic mass is 16.3. The van der Waals surface area contributed by atoms with E-state index in [4.69, 9.17) is 0 Å². The van der Waals surface area contributed by atoms with Crippen LogP contribution in [0.3, 0.4) is 0 Å². The van der Waals surface area contributed by atoms with E-state index in [0.717, 1.165) is 31.8 Å². The minimum atomic E-state index is -0.383. The lowest BCUT2D eigenvalue weighted by Gasteiger charge is -2.30. The molecular formula is C13H26N2O. The standard InChI is InChI=1S/C13H26N2O/c1-15-8-4-12(5-9-15)10-14-11-13(16)6-2-3-7-13/h12,14,16H,2-11H2,1H3. The van der Waals surface area contributed by atoms with Crippen molar-refractivity contribution in [3.8, 4) is 0 Å². The highest BCUT2D eigenvalue weighted by Gasteiger charge is 2.30. The quantitative estimate of drug-likeness (QED) is 0.756. The van der Waals surface area contributed by atoms with Crippen LogP contribution in [0.15, 0.2) is 0 Å². The van der Waals surface area contributed by atoms with Gasteiger partial charge in [-0.15, -0.1) is 0 Å². The predicted octanol–water partition coefficient (Wildman–Crippen LogP) is 1.22. The lowest BCUT2D eigenvalue weighted by Crippen LogP contribution is -2.41. The number of piperidine rings is 1. The highest BCUT2D eigenvalue weighted by Crippen LogP contribution is 2.28. The molecule has 1 aliphatic carbocycles. The first-order valence-electron chi connectivity index (χ1n) is 6.80. The van der Waals surface area contributed by atoms with Crippen LogP contribution in [0.4, 0.5) is 0 Å². The molecule has 0 bridgehead atoms. The van der Waals surface area contributed by atoms with Gasteiger partial charge in [-0.25, -0.2) is 0 Å². The maximum Gasteiger partial charge on any atom is 0.0771 e. The summed E-state index contributed by atoms with van der Waals surface area (Å²) in [6, 6.07) is 0. The first-order valence-corrected chi connectivity index (χ1v) is 6.80. The van der Waals surface area contributed by atoms with Crippen LogP contribution in [-0.2, 0) is 0 Å². The Bertz CT molecular complexity index is 206. The van der Waals surface area contributed by atoms with Crippen LogP contribution < -0.4 is 5.32 Å². The number of aliphatic hydroxyl groups is 1. The summed E-state index contributed by atoms with van der Waals surface area (Å²) in [4.78, 5) is 2.40. The predicted molar refractivity (Wildman–Crippen MR) is 66.5 cm³/mol. The van der Waals surface area contributed by atoms with Crippen LogP contribution in [0.2, 0.25) is 0 Å². The summed E-state index contributed by atoms with van der Waals surface area (Å²) in [5.41, 5.74) is -0.383. The average Bonchev–Trinajstić information content (AvgIpc) is 2.69. The summed E-state index contributed by atoms with van der Waals surface area (Å²) in [5, 5.41) is 13.7. The molecule has 3 nitrogen and oxygen atoms in total. The fraction of sp³-hybridized carbons (Fsp3) is 1.00. The van der Waals surface area contributed by atoms with Crippen molar-refractivity contribution in [2.45, 2.75) is 44.1 Å². The van der Waals surface area contributed by atoms with Gasteiger partial charge in [0.15, 0.2) is 0 Å². The molecule has 0 unspecified atom stereocenters. The Labute approximate surface area is 99.2 Å². The van der Waals surface area contributed by atoms with Gasteiger partial charge in [0.05, 0.1) is 5.60 Å². The fourth-order valence-electron chi connectivity index (χ4n) is 2.99. The van der Waals surface area contributed by atoms with Crippen LogP contribution in [0.1, 0.15) is 38.5 Å². The topological polar surface area (TPSA) is 35.5 Å². The second-order valence-corrected chi connectivity index (χ2v) is 5.81. The Morgan fingerprint density at radius 2 is 1.88 bits per heavy atom. The molecule has 0 amide bonds. The average molecular weight is 226 g/mol. The second-order valence-electron chi connectivity index (χ2n) is 5.81. The first kappa shape index (κ1) is 12.3. The molecule has 0 aromatic rings. The van der Waals surface area contributed by atoms with E-state index in [-0.39, 0.29) is 5.60 Å². The molecule has 16 heavy (non-hydrogen) atoms. The summed E-state index contributed by atoms with van der Waals surface area (Å²) in [7, 11) is 2.20. The van der Waals surface area contributed by atoms with Gasteiger partial charge in [-0.2, -0.15) is 0 Å². The number of rotatable bonds is 4. The Morgan fingerprint density at radius 1 is 1.25 bits per heavy atom. The van der Waals surface area contributed by atoms with Crippen molar-refractivity contribution >= 4 is 0 Å². The molecule has 1 heterocycles. The third-order valence-electron chi connectivity index (χ3n) is 4.26. The Balaban J connectivity index is 1.61. The van der Waals surface area contributed by atoms with Gasteiger partial charge in [-0.3, -0.25) is 0 Å². The van der Waals surface area contributed by atoms with E-state index in [9.17, 15) is 5.11 Å². The summed E-state index contributed by atoms with van der Waals surface area (Å²) in [5.74, 6) is 0.821. The van der Waals surface area contributed by atoms with E-state index < -0.39 is 0 Å². The summed E-state index contributed by atoms with van der Waals surface area (Å²) < 4.78 is 0. The molecule has 2 rings (SSSR count). The van der Waals surface area contributed by atoms with Crippen molar-refractivity contribution in [2.75, 3.05) is 33.2 Å². The molecule has 1 saturated carbocycles. The first-order chi connectivity index (χ1) is 7.68. The molecular weight excluding hydrogens is 200 g/mol. The molecule has 3 heteroatoms. The molecule has 0 radical (unpaired) electrons. The number of nitrogens with one attached hydrogen (secondary N) is 1. The zero-order valence-electron chi connectivity index (χ0n) is 10.5. The minimum absolute atomic E-state index is 0.383. The molecule has 94 valence electrons. The van der Waals surface area contributed by atoms with Crippen molar-refractivity contribution in [3.05, 3.63) is 0 Å². The largest absolute Gasteiger partial charge is 0.389 e. The van der Waals surface area contributed by atoms with Gasteiger partial charge in [0.2, 0.25) is 0 Å². The molecule has 0 aromatic carbocycles. The lowest BCUT2D eigenvalue weighted by atomic mass is 9.96. The summed E-state index contributed by atoms with van der Waals surface area (Å²) in [6.07, 6.45) is 7.00. The van der Waals surface area contributed by atoms with E-state index in [1.54, 1.807) is 0 Å². The zero-order valence-corrected chi connectivity index (χ0v) is 10.5. The Kier molecular flexibility index (Phi) is 4.22. The summed E-state index contributed by atoms with van der Waals surface area (Å²) in [6.45, 7) is 4.36. The maximum absolute atomic E-state index is 10.2. The van der Waals surface area contributed by atoms with Crippen molar-refractivity contribution in [1.82, 2.24) is 10.2 Å². The number of nitrogens with zero attached hydrogens (tertiary/aromatic N) is 1. The van der Waals surface area contributed by atoms with Crippen LogP contribution in [0, 0.1) is 5.92 Å². The van der Waals surface area contributed by atoms with E-state index in [1.165, 1.54) is 38.8 Å². The van der Waals surface area contributed by atoms with Gasteiger partial charge in [-0.05, 0) is 58.3 Å². The second kappa shape index (κ2) is 5.48. The van der Waals surface area contributed by atoms with Crippen LogP contribution in [0.5, 0.6) is 0 Å². The summed E-state index contributed by atoms with van der Waals surface area (Å²) >= 11 is 0. The van der Waals surface area contributed by atoms with Gasteiger partial charge in [0, 0.05) is 6.54 Å². The van der Waals surface area contributed by atoms with E-state index in [0.29, 0.717) is 0 Å². The van der Waals surface area contributed by atoms with Gasteiger partial charge < -0.3 is 15.3 Å². The molecule has 0 spiro atoms. The van der Waals surface area contributed by atoms with E-state index in [1.807, 2.05) is 0 Å². The van der Waals surface area contributed by atoms with Gasteiger partial charge in [-0.1, -0.05) is 12.8 Å². The fourth-order valence-corrected chi connectivity index (χ4v) is 2.99. The van der Waals surface area contributed by atoms with Crippen LogP contribution in [-0.4, -0.2) is 48.8 Å². The normalized spacial score (nSPS) is 27.4. The molecule has 2 fully saturated rings. The smallest absolute Gasteiger partial charge is 0.0771 e. The Hall–Kier alpha value is -0.120. The van der Waals surface area contributed by atoms with Crippen molar-refractivity contribution in [1.29, 1.82) is 0 Å². The van der Waals surface area contributed by atoms with Crippen LogP contribution >= 0.6 is 0 Å². The number of hydrogen-bond acceptors (Lipinski definition) is 3. The SMILES string of the molecule is CN1CCC(CNCC2(O)CCCC2)CC1. The van der Waals surface area contributed by atoms with E-state index >= 15 is 0 Å². The number of likely N-dealkylation sites (tertiary alicyclic amines) is 1. The molecule has 2 aliphatic rings. The molecule has 0 aromatic heterocycles. The lowest BCUT2D eigenvalue weighted by molar-refractivity contribution is 0.0460. The molecule has 0 atom stereocenters. The van der Waals surface area contributed by atoms with Crippen molar-refractivity contribution in [3.63, 3.8) is 0 Å². The third kappa shape index (κ3) is 3.44. The molecule has 2 N–H and O–H groups in total. The van der Waals surface area contributed by atoms with E-state index in [2.05, 4.69) is 17.3 Å². The molecule has 1 saturated heterocycles. The Morgan fingerprint density at radius 3 is 2.50 bits per heavy atom. The highest BCUT2D eigenvalue weighted by molar-refractivity contribution is 4.86. The van der Waals surface area contributed by atoms with Crippen molar-refractivity contribution in [2.24, 2.45) is 5.92 Å².